The second-order valence-electron chi connectivity index (χ2n) is 5.25. The summed E-state index contributed by atoms with van der Waals surface area (Å²) in [5.74, 6) is 0.707. The van der Waals surface area contributed by atoms with Crippen molar-refractivity contribution >= 4 is 27.3 Å². The van der Waals surface area contributed by atoms with Gasteiger partial charge in [0.15, 0.2) is 0 Å². The third-order valence-corrected chi connectivity index (χ3v) is 4.69. The Balaban J connectivity index is 2.19. The van der Waals surface area contributed by atoms with Gasteiger partial charge in [-0.15, -0.1) is 11.3 Å². The predicted octanol–water partition coefficient (Wildman–Crippen LogP) is 5.02. The summed E-state index contributed by atoms with van der Waals surface area (Å²) in [7, 11) is 2.01. The minimum atomic E-state index is 0.274. The molecule has 0 spiro atoms. The van der Waals surface area contributed by atoms with E-state index in [0.29, 0.717) is 5.92 Å². The van der Waals surface area contributed by atoms with Crippen LogP contribution in [0.1, 0.15) is 36.6 Å². The van der Waals surface area contributed by atoms with E-state index in [-0.39, 0.29) is 6.04 Å². The molecule has 0 amide bonds. The molecule has 1 unspecified atom stereocenters. The van der Waals surface area contributed by atoms with E-state index >= 15 is 0 Å². The Morgan fingerprint density at radius 2 is 1.84 bits per heavy atom. The Morgan fingerprint density at radius 3 is 2.32 bits per heavy atom. The summed E-state index contributed by atoms with van der Waals surface area (Å²) in [5, 5.41) is 5.60. The number of hydrogen-bond donors (Lipinski definition) is 1. The highest BCUT2D eigenvalue weighted by molar-refractivity contribution is 9.11. The van der Waals surface area contributed by atoms with E-state index < -0.39 is 0 Å². The van der Waals surface area contributed by atoms with Gasteiger partial charge < -0.3 is 5.32 Å². The van der Waals surface area contributed by atoms with Crippen LogP contribution in [0.4, 0.5) is 0 Å². The quantitative estimate of drug-likeness (QED) is 0.807. The van der Waals surface area contributed by atoms with Gasteiger partial charge in [0, 0.05) is 0 Å². The maximum atomic E-state index is 3.53. The van der Waals surface area contributed by atoms with E-state index in [4.69, 9.17) is 0 Å². The van der Waals surface area contributed by atoms with Gasteiger partial charge in [0.1, 0.15) is 0 Å². The molecule has 0 fully saturated rings. The maximum absolute atomic E-state index is 3.53. The van der Waals surface area contributed by atoms with E-state index in [0.717, 1.165) is 6.42 Å². The topological polar surface area (TPSA) is 12.0 Å². The third-order valence-electron chi connectivity index (χ3n) is 3.17. The van der Waals surface area contributed by atoms with E-state index in [1.54, 1.807) is 11.3 Å². The Labute approximate surface area is 128 Å². The first-order valence-electron chi connectivity index (χ1n) is 6.60. The molecule has 2 rings (SSSR count). The summed E-state index contributed by atoms with van der Waals surface area (Å²) in [6.45, 7) is 4.51. The lowest BCUT2D eigenvalue weighted by atomic mass is 9.97. The van der Waals surface area contributed by atoms with Crippen LogP contribution in [0.5, 0.6) is 0 Å². The highest BCUT2D eigenvalue weighted by atomic mass is 79.9. The summed E-state index contributed by atoms with van der Waals surface area (Å²) in [6.07, 6.45) is 1.15. The Morgan fingerprint density at radius 1 is 1.16 bits per heavy atom. The number of thiophene rings is 1. The minimum Gasteiger partial charge on any atom is -0.309 e. The maximum Gasteiger partial charge on any atom is 0.0701 e. The van der Waals surface area contributed by atoms with E-state index in [1.165, 1.54) is 20.5 Å². The first-order valence-corrected chi connectivity index (χ1v) is 8.27. The fourth-order valence-corrected chi connectivity index (χ4v) is 3.52. The van der Waals surface area contributed by atoms with Crippen LogP contribution in [0.3, 0.4) is 0 Å². The van der Waals surface area contributed by atoms with Crippen LogP contribution in [0, 0.1) is 5.92 Å². The summed E-state index contributed by atoms with van der Waals surface area (Å²) in [6, 6.07) is 11.4. The SMILES string of the molecule is CNC(c1ccc(CC(C)C)cc1)c1csc(Br)c1. The molecule has 1 atom stereocenters. The van der Waals surface area contributed by atoms with Crippen molar-refractivity contribution in [3.8, 4) is 0 Å². The molecule has 102 valence electrons. The molecule has 3 heteroatoms. The molecule has 2 aromatic rings. The molecule has 1 aromatic heterocycles. The lowest BCUT2D eigenvalue weighted by Gasteiger charge is -2.16. The number of hydrogen-bond acceptors (Lipinski definition) is 2. The van der Waals surface area contributed by atoms with Crippen LogP contribution in [0.15, 0.2) is 39.5 Å². The molecule has 1 N–H and O–H groups in total. The molecular formula is C16H20BrNS. The van der Waals surface area contributed by atoms with Crippen molar-refractivity contribution in [2.75, 3.05) is 7.05 Å². The summed E-state index contributed by atoms with van der Waals surface area (Å²) in [4.78, 5) is 0. The van der Waals surface area contributed by atoms with Crippen molar-refractivity contribution in [1.29, 1.82) is 0 Å². The van der Waals surface area contributed by atoms with Gasteiger partial charge in [-0.2, -0.15) is 0 Å². The molecule has 1 aromatic carbocycles. The van der Waals surface area contributed by atoms with Crippen LogP contribution in [-0.2, 0) is 6.42 Å². The van der Waals surface area contributed by atoms with Crippen molar-refractivity contribution in [3.63, 3.8) is 0 Å². The van der Waals surface area contributed by atoms with Crippen molar-refractivity contribution in [3.05, 3.63) is 56.2 Å². The molecule has 0 saturated carbocycles. The highest BCUT2D eigenvalue weighted by Gasteiger charge is 2.13. The predicted molar refractivity (Wildman–Crippen MR) is 87.9 cm³/mol. The normalized spacial score (nSPS) is 12.9. The molecule has 1 heterocycles. The number of halogens is 1. The molecule has 0 aliphatic carbocycles. The molecule has 0 aliphatic rings. The average Bonchev–Trinajstić information content (AvgIpc) is 2.78. The fraction of sp³-hybridized carbons (Fsp3) is 0.375. The van der Waals surface area contributed by atoms with Gasteiger partial charge in [-0.25, -0.2) is 0 Å². The number of rotatable bonds is 5. The number of nitrogens with one attached hydrogen (secondary N) is 1. The molecule has 0 radical (unpaired) electrons. The lowest BCUT2D eigenvalue weighted by molar-refractivity contribution is 0.646. The minimum absolute atomic E-state index is 0.274. The van der Waals surface area contributed by atoms with Crippen molar-refractivity contribution in [2.24, 2.45) is 5.92 Å². The number of benzene rings is 1. The van der Waals surface area contributed by atoms with Gasteiger partial charge in [0.25, 0.3) is 0 Å². The zero-order valence-electron chi connectivity index (χ0n) is 11.6. The van der Waals surface area contributed by atoms with E-state index in [1.807, 2.05) is 7.05 Å². The molecule has 0 bridgehead atoms. The molecule has 0 aliphatic heterocycles. The zero-order valence-corrected chi connectivity index (χ0v) is 14.0. The highest BCUT2D eigenvalue weighted by Crippen LogP contribution is 2.29. The molecular weight excluding hydrogens is 318 g/mol. The third kappa shape index (κ3) is 3.91. The van der Waals surface area contributed by atoms with E-state index in [2.05, 4.69) is 70.8 Å². The Bertz CT molecular complexity index is 516. The van der Waals surface area contributed by atoms with Gasteiger partial charge in [0.2, 0.25) is 0 Å². The smallest absolute Gasteiger partial charge is 0.0701 e. The fourth-order valence-electron chi connectivity index (χ4n) is 2.32. The zero-order chi connectivity index (χ0) is 13.8. The van der Waals surface area contributed by atoms with Crippen LogP contribution in [-0.4, -0.2) is 7.05 Å². The van der Waals surface area contributed by atoms with Crippen LogP contribution < -0.4 is 5.32 Å². The Kier molecular flexibility index (Phi) is 5.20. The largest absolute Gasteiger partial charge is 0.309 e. The van der Waals surface area contributed by atoms with Crippen molar-refractivity contribution in [2.45, 2.75) is 26.3 Å². The van der Waals surface area contributed by atoms with Crippen molar-refractivity contribution < 1.29 is 0 Å². The van der Waals surface area contributed by atoms with Gasteiger partial charge >= 0.3 is 0 Å². The Hall–Kier alpha value is -0.640. The van der Waals surface area contributed by atoms with Gasteiger partial charge in [-0.05, 0) is 63.5 Å². The summed E-state index contributed by atoms with van der Waals surface area (Å²) in [5.41, 5.74) is 4.05. The lowest BCUT2D eigenvalue weighted by Crippen LogP contribution is -2.16. The molecule has 0 saturated heterocycles. The molecule has 19 heavy (non-hydrogen) atoms. The van der Waals surface area contributed by atoms with Gasteiger partial charge in [-0.3, -0.25) is 0 Å². The standard InChI is InChI=1S/C16H20BrNS/c1-11(2)8-12-4-6-13(7-5-12)16(18-3)14-9-15(17)19-10-14/h4-7,9-11,16,18H,8H2,1-3H3. The van der Waals surface area contributed by atoms with Crippen LogP contribution in [0.2, 0.25) is 0 Å². The summed E-state index contributed by atoms with van der Waals surface area (Å²) >= 11 is 5.26. The first kappa shape index (κ1) is 14.8. The second kappa shape index (κ2) is 6.69. The monoisotopic (exact) mass is 337 g/mol. The van der Waals surface area contributed by atoms with E-state index in [9.17, 15) is 0 Å². The molecule has 1 nitrogen and oxygen atoms in total. The second-order valence-corrected chi connectivity index (χ2v) is 7.54. The summed E-state index contributed by atoms with van der Waals surface area (Å²) < 4.78 is 1.18. The van der Waals surface area contributed by atoms with Gasteiger partial charge in [0.05, 0.1) is 9.83 Å². The van der Waals surface area contributed by atoms with Crippen LogP contribution in [0.25, 0.3) is 0 Å². The first-order chi connectivity index (χ1) is 9.10. The average molecular weight is 338 g/mol. The van der Waals surface area contributed by atoms with Crippen molar-refractivity contribution in [1.82, 2.24) is 5.32 Å². The van der Waals surface area contributed by atoms with Gasteiger partial charge in [-0.1, -0.05) is 38.1 Å². The van der Waals surface area contributed by atoms with Crippen LogP contribution >= 0.6 is 27.3 Å².